The average Bonchev–Trinajstić information content (AvgIpc) is 2.58. The van der Waals surface area contributed by atoms with E-state index in [-0.39, 0.29) is 12.1 Å². The van der Waals surface area contributed by atoms with Crippen LogP contribution in [0.1, 0.15) is 32.1 Å². The summed E-state index contributed by atoms with van der Waals surface area (Å²) < 4.78 is 1.07. The molecule has 0 saturated heterocycles. The molecule has 0 bridgehead atoms. The van der Waals surface area contributed by atoms with Crippen molar-refractivity contribution in [3.63, 3.8) is 0 Å². The minimum absolute atomic E-state index is 0.293. The largest absolute Gasteiger partial charge is 0.480 e. The van der Waals surface area contributed by atoms with Gasteiger partial charge in [0, 0.05) is 5.39 Å². The molecule has 1 fully saturated rings. The van der Waals surface area contributed by atoms with E-state index in [1.807, 2.05) is 0 Å². The number of benzene rings is 1. The van der Waals surface area contributed by atoms with Crippen molar-refractivity contribution >= 4 is 22.6 Å². The zero-order valence-electron chi connectivity index (χ0n) is 13.2. The highest BCUT2D eigenvalue weighted by Crippen LogP contribution is 2.28. The van der Waals surface area contributed by atoms with Gasteiger partial charge in [0.15, 0.2) is 0 Å². The van der Waals surface area contributed by atoms with Crippen molar-refractivity contribution in [2.24, 2.45) is 0 Å². The quantitative estimate of drug-likeness (QED) is 0.880. The SMILES string of the molecule is O=C(Cn1ncc2ccccc2c1=O)NC1(C(=O)O)CCCCC1. The highest BCUT2D eigenvalue weighted by atomic mass is 16.4. The van der Waals surface area contributed by atoms with Crippen LogP contribution in [0.15, 0.2) is 35.3 Å². The van der Waals surface area contributed by atoms with Gasteiger partial charge < -0.3 is 10.4 Å². The van der Waals surface area contributed by atoms with Crippen molar-refractivity contribution in [1.82, 2.24) is 15.1 Å². The van der Waals surface area contributed by atoms with E-state index in [0.29, 0.717) is 23.6 Å². The third-order valence-corrected chi connectivity index (χ3v) is 4.55. The van der Waals surface area contributed by atoms with Crippen LogP contribution in [-0.4, -0.2) is 32.3 Å². The van der Waals surface area contributed by atoms with E-state index in [1.54, 1.807) is 24.3 Å². The molecule has 0 radical (unpaired) electrons. The standard InChI is InChI=1S/C17H19N3O4/c21-14(19-17(16(23)24)8-4-1-5-9-17)11-20-15(22)13-7-3-2-6-12(13)10-18-20/h2-3,6-7,10H,1,4-5,8-9,11H2,(H,19,21)(H,23,24). The Morgan fingerprint density at radius 1 is 1.21 bits per heavy atom. The number of rotatable bonds is 4. The Morgan fingerprint density at radius 2 is 1.92 bits per heavy atom. The minimum atomic E-state index is -1.23. The van der Waals surface area contributed by atoms with Crippen LogP contribution in [0.4, 0.5) is 0 Å². The molecule has 7 nitrogen and oxygen atoms in total. The van der Waals surface area contributed by atoms with Gasteiger partial charge in [0.05, 0.1) is 11.6 Å². The maximum absolute atomic E-state index is 12.4. The first kappa shape index (κ1) is 16.2. The Bertz CT molecular complexity index is 837. The van der Waals surface area contributed by atoms with Crippen LogP contribution in [0.5, 0.6) is 0 Å². The second-order valence-electron chi connectivity index (χ2n) is 6.19. The number of carboxylic acids is 1. The molecule has 0 atom stereocenters. The van der Waals surface area contributed by atoms with E-state index >= 15 is 0 Å². The Morgan fingerprint density at radius 3 is 2.62 bits per heavy atom. The number of aromatic nitrogens is 2. The number of hydrogen-bond acceptors (Lipinski definition) is 4. The predicted octanol–water partition coefficient (Wildman–Crippen LogP) is 1.30. The Hall–Kier alpha value is -2.70. The van der Waals surface area contributed by atoms with Gasteiger partial charge in [0.1, 0.15) is 12.1 Å². The lowest BCUT2D eigenvalue weighted by Gasteiger charge is -2.33. The number of nitrogens with zero attached hydrogens (tertiary/aromatic N) is 2. The molecule has 0 spiro atoms. The second-order valence-corrected chi connectivity index (χ2v) is 6.19. The minimum Gasteiger partial charge on any atom is -0.480 e. The van der Waals surface area contributed by atoms with Crippen molar-refractivity contribution in [3.8, 4) is 0 Å². The number of aliphatic carboxylic acids is 1. The van der Waals surface area contributed by atoms with Gasteiger partial charge in [-0.3, -0.25) is 9.59 Å². The van der Waals surface area contributed by atoms with Gasteiger partial charge in [-0.2, -0.15) is 5.10 Å². The molecule has 1 heterocycles. The van der Waals surface area contributed by atoms with Crippen LogP contribution in [0.2, 0.25) is 0 Å². The third-order valence-electron chi connectivity index (χ3n) is 4.55. The molecule has 0 aliphatic heterocycles. The number of carbonyl (C=O) groups is 2. The van der Waals surface area contributed by atoms with Crippen molar-refractivity contribution < 1.29 is 14.7 Å². The van der Waals surface area contributed by atoms with E-state index in [0.717, 1.165) is 23.9 Å². The summed E-state index contributed by atoms with van der Waals surface area (Å²) in [5.74, 6) is -1.53. The Labute approximate surface area is 138 Å². The first-order valence-electron chi connectivity index (χ1n) is 8.01. The van der Waals surface area contributed by atoms with E-state index in [4.69, 9.17) is 0 Å². The van der Waals surface area contributed by atoms with Gasteiger partial charge in [0.2, 0.25) is 5.91 Å². The number of carbonyl (C=O) groups excluding carboxylic acids is 1. The topological polar surface area (TPSA) is 101 Å². The molecule has 24 heavy (non-hydrogen) atoms. The summed E-state index contributed by atoms with van der Waals surface area (Å²) in [5, 5.41) is 17.3. The molecule has 3 rings (SSSR count). The molecular weight excluding hydrogens is 310 g/mol. The zero-order chi connectivity index (χ0) is 17.2. The first-order valence-corrected chi connectivity index (χ1v) is 8.01. The Kier molecular flexibility index (Phi) is 4.33. The smallest absolute Gasteiger partial charge is 0.329 e. The molecule has 1 saturated carbocycles. The lowest BCUT2D eigenvalue weighted by atomic mass is 9.81. The van der Waals surface area contributed by atoms with Gasteiger partial charge in [-0.15, -0.1) is 0 Å². The van der Waals surface area contributed by atoms with Gasteiger partial charge >= 0.3 is 5.97 Å². The summed E-state index contributed by atoms with van der Waals surface area (Å²) in [4.78, 5) is 36.3. The first-order chi connectivity index (χ1) is 11.5. The molecule has 1 aromatic heterocycles. The zero-order valence-corrected chi connectivity index (χ0v) is 13.2. The summed E-state index contributed by atoms with van der Waals surface area (Å²) in [7, 11) is 0. The summed E-state index contributed by atoms with van der Waals surface area (Å²) in [6.45, 7) is -0.293. The van der Waals surface area contributed by atoms with E-state index < -0.39 is 17.4 Å². The van der Waals surface area contributed by atoms with Gasteiger partial charge in [-0.05, 0) is 18.9 Å². The average molecular weight is 329 g/mol. The summed E-state index contributed by atoms with van der Waals surface area (Å²) in [5.41, 5.74) is -1.59. The predicted molar refractivity (Wildman–Crippen MR) is 87.6 cm³/mol. The number of nitrogens with one attached hydrogen (secondary N) is 1. The number of fused-ring (bicyclic) bond motifs is 1. The number of hydrogen-bond donors (Lipinski definition) is 2. The van der Waals surface area contributed by atoms with Crippen LogP contribution >= 0.6 is 0 Å². The van der Waals surface area contributed by atoms with E-state index in [2.05, 4.69) is 10.4 Å². The maximum Gasteiger partial charge on any atom is 0.329 e. The maximum atomic E-state index is 12.4. The third kappa shape index (κ3) is 3.02. The highest BCUT2D eigenvalue weighted by Gasteiger charge is 2.40. The van der Waals surface area contributed by atoms with Gasteiger partial charge in [-0.1, -0.05) is 37.5 Å². The normalized spacial score (nSPS) is 16.7. The van der Waals surface area contributed by atoms with Crippen LogP contribution in [0.3, 0.4) is 0 Å². The number of amides is 1. The molecule has 126 valence electrons. The summed E-state index contributed by atoms with van der Waals surface area (Å²) in [6.07, 6.45) is 4.85. The molecule has 1 aliphatic rings. The van der Waals surface area contributed by atoms with Crippen molar-refractivity contribution in [2.45, 2.75) is 44.2 Å². The fourth-order valence-corrected chi connectivity index (χ4v) is 3.23. The van der Waals surface area contributed by atoms with Crippen LogP contribution in [-0.2, 0) is 16.1 Å². The van der Waals surface area contributed by atoms with Gasteiger partial charge in [0.25, 0.3) is 5.56 Å². The lowest BCUT2D eigenvalue weighted by Crippen LogP contribution is -2.56. The Balaban J connectivity index is 1.81. The monoisotopic (exact) mass is 329 g/mol. The molecule has 1 amide bonds. The molecule has 7 heteroatoms. The molecular formula is C17H19N3O4. The lowest BCUT2D eigenvalue weighted by molar-refractivity contribution is -0.149. The fraction of sp³-hybridized carbons (Fsp3) is 0.412. The van der Waals surface area contributed by atoms with Crippen molar-refractivity contribution in [1.29, 1.82) is 0 Å². The van der Waals surface area contributed by atoms with E-state index in [9.17, 15) is 19.5 Å². The summed E-state index contributed by atoms with van der Waals surface area (Å²) in [6, 6.07) is 7.00. The van der Waals surface area contributed by atoms with Crippen molar-refractivity contribution in [2.75, 3.05) is 0 Å². The summed E-state index contributed by atoms with van der Waals surface area (Å²) >= 11 is 0. The van der Waals surface area contributed by atoms with Crippen molar-refractivity contribution in [3.05, 3.63) is 40.8 Å². The van der Waals surface area contributed by atoms with Crippen LogP contribution in [0.25, 0.3) is 10.8 Å². The molecule has 2 aromatic rings. The molecule has 0 unspecified atom stereocenters. The van der Waals surface area contributed by atoms with Crippen LogP contribution in [0, 0.1) is 0 Å². The second kappa shape index (κ2) is 6.43. The van der Waals surface area contributed by atoms with E-state index in [1.165, 1.54) is 6.20 Å². The van der Waals surface area contributed by atoms with Gasteiger partial charge in [-0.25, -0.2) is 9.48 Å². The molecule has 1 aromatic carbocycles. The number of carboxylic acid groups (broad SMARTS) is 1. The fourth-order valence-electron chi connectivity index (χ4n) is 3.23. The molecule has 1 aliphatic carbocycles. The molecule has 2 N–H and O–H groups in total. The van der Waals surface area contributed by atoms with Crippen LogP contribution < -0.4 is 10.9 Å². The highest BCUT2D eigenvalue weighted by molar-refractivity contribution is 5.87.